The number of aromatic nitrogens is 1. The Hall–Kier alpha value is -1.41. The molecule has 2 aromatic rings. The van der Waals surface area contributed by atoms with Gasteiger partial charge in [-0.2, -0.15) is 0 Å². The quantitative estimate of drug-likeness (QED) is 0.874. The van der Waals surface area contributed by atoms with Crippen LogP contribution in [0.15, 0.2) is 18.2 Å². The SMILES string of the molecule is CC(C)c1ccc2nc3c(c(CN)c2c1)CCC3. The second kappa shape index (κ2) is 4.36. The van der Waals surface area contributed by atoms with Gasteiger partial charge in [0.05, 0.1) is 5.52 Å². The summed E-state index contributed by atoms with van der Waals surface area (Å²) in [4.78, 5) is 4.81. The Kier molecular flexibility index (Phi) is 2.83. The summed E-state index contributed by atoms with van der Waals surface area (Å²) in [6, 6.07) is 6.64. The summed E-state index contributed by atoms with van der Waals surface area (Å²) < 4.78 is 0. The van der Waals surface area contributed by atoms with E-state index >= 15 is 0 Å². The Morgan fingerprint density at radius 1 is 1.28 bits per heavy atom. The lowest BCUT2D eigenvalue weighted by atomic mass is 9.96. The van der Waals surface area contributed by atoms with Crippen molar-refractivity contribution in [3.05, 3.63) is 40.6 Å². The van der Waals surface area contributed by atoms with Crippen molar-refractivity contribution >= 4 is 10.9 Å². The van der Waals surface area contributed by atoms with E-state index in [9.17, 15) is 0 Å². The molecule has 0 radical (unpaired) electrons. The molecule has 1 heterocycles. The van der Waals surface area contributed by atoms with Crippen LogP contribution in [0, 0.1) is 0 Å². The molecule has 18 heavy (non-hydrogen) atoms. The Morgan fingerprint density at radius 3 is 2.83 bits per heavy atom. The van der Waals surface area contributed by atoms with Gasteiger partial charge in [0.1, 0.15) is 0 Å². The molecule has 0 saturated carbocycles. The van der Waals surface area contributed by atoms with Gasteiger partial charge < -0.3 is 5.73 Å². The van der Waals surface area contributed by atoms with Crippen molar-refractivity contribution in [2.24, 2.45) is 5.73 Å². The van der Waals surface area contributed by atoms with E-state index in [0.717, 1.165) is 18.4 Å². The van der Waals surface area contributed by atoms with Crippen LogP contribution in [0.2, 0.25) is 0 Å². The van der Waals surface area contributed by atoms with E-state index in [1.807, 2.05) is 0 Å². The van der Waals surface area contributed by atoms with Crippen LogP contribution in [-0.2, 0) is 19.4 Å². The van der Waals surface area contributed by atoms with Gasteiger partial charge in [-0.15, -0.1) is 0 Å². The highest BCUT2D eigenvalue weighted by Crippen LogP contribution is 2.31. The largest absolute Gasteiger partial charge is 0.326 e. The number of nitrogens with two attached hydrogens (primary N) is 1. The fraction of sp³-hybridized carbons (Fsp3) is 0.438. The molecule has 0 bridgehead atoms. The predicted molar refractivity (Wildman–Crippen MR) is 75.7 cm³/mol. The van der Waals surface area contributed by atoms with Crippen LogP contribution >= 0.6 is 0 Å². The normalized spacial score (nSPS) is 14.4. The van der Waals surface area contributed by atoms with Crippen LogP contribution < -0.4 is 5.73 Å². The van der Waals surface area contributed by atoms with E-state index in [4.69, 9.17) is 10.7 Å². The third-order valence-corrected chi connectivity index (χ3v) is 4.02. The molecule has 2 nitrogen and oxygen atoms in total. The molecular weight excluding hydrogens is 220 g/mol. The molecule has 0 aliphatic heterocycles. The lowest BCUT2D eigenvalue weighted by Gasteiger charge is -2.13. The van der Waals surface area contributed by atoms with Gasteiger partial charge in [-0.25, -0.2) is 0 Å². The second-order valence-corrected chi connectivity index (χ2v) is 5.50. The van der Waals surface area contributed by atoms with Crippen molar-refractivity contribution in [3.63, 3.8) is 0 Å². The molecule has 1 aliphatic rings. The first-order valence-corrected chi connectivity index (χ1v) is 6.85. The molecular formula is C16H20N2. The molecule has 94 valence electrons. The number of pyridine rings is 1. The zero-order valence-corrected chi connectivity index (χ0v) is 11.2. The minimum atomic E-state index is 0.549. The number of hydrogen-bond donors (Lipinski definition) is 1. The van der Waals surface area contributed by atoms with Crippen molar-refractivity contribution in [3.8, 4) is 0 Å². The number of benzene rings is 1. The number of aryl methyl sites for hydroxylation is 1. The van der Waals surface area contributed by atoms with Crippen molar-refractivity contribution in [2.45, 2.75) is 45.6 Å². The summed E-state index contributed by atoms with van der Waals surface area (Å²) in [5.74, 6) is 0.549. The summed E-state index contributed by atoms with van der Waals surface area (Å²) in [5.41, 5.74) is 12.5. The maximum atomic E-state index is 5.99. The summed E-state index contributed by atoms with van der Waals surface area (Å²) in [5, 5.41) is 1.27. The minimum Gasteiger partial charge on any atom is -0.326 e. The van der Waals surface area contributed by atoms with Gasteiger partial charge in [0.15, 0.2) is 0 Å². The van der Waals surface area contributed by atoms with Gasteiger partial charge in [0.25, 0.3) is 0 Å². The van der Waals surface area contributed by atoms with Crippen LogP contribution in [0.5, 0.6) is 0 Å². The van der Waals surface area contributed by atoms with Crippen LogP contribution in [0.25, 0.3) is 10.9 Å². The van der Waals surface area contributed by atoms with Gasteiger partial charge in [-0.1, -0.05) is 19.9 Å². The summed E-state index contributed by atoms with van der Waals surface area (Å²) in [6.07, 6.45) is 3.49. The fourth-order valence-corrected chi connectivity index (χ4v) is 2.97. The van der Waals surface area contributed by atoms with Gasteiger partial charge >= 0.3 is 0 Å². The van der Waals surface area contributed by atoms with Crippen LogP contribution in [0.4, 0.5) is 0 Å². The highest BCUT2D eigenvalue weighted by molar-refractivity contribution is 5.84. The highest BCUT2D eigenvalue weighted by atomic mass is 14.7. The van der Waals surface area contributed by atoms with Crippen molar-refractivity contribution in [1.29, 1.82) is 0 Å². The molecule has 0 fully saturated rings. The molecule has 3 rings (SSSR count). The van der Waals surface area contributed by atoms with E-state index in [-0.39, 0.29) is 0 Å². The van der Waals surface area contributed by atoms with Gasteiger partial charge in [0, 0.05) is 17.6 Å². The summed E-state index contributed by atoms with van der Waals surface area (Å²) in [7, 11) is 0. The molecule has 1 aromatic heterocycles. The topological polar surface area (TPSA) is 38.9 Å². The zero-order valence-electron chi connectivity index (χ0n) is 11.2. The molecule has 1 aliphatic carbocycles. The Bertz CT molecular complexity index is 600. The molecule has 2 heteroatoms. The third-order valence-electron chi connectivity index (χ3n) is 4.02. The van der Waals surface area contributed by atoms with Gasteiger partial charge in [-0.05, 0) is 54.0 Å². The monoisotopic (exact) mass is 240 g/mol. The molecule has 0 saturated heterocycles. The van der Waals surface area contributed by atoms with E-state index in [1.54, 1.807) is 0 Å². The molecule has 1 aromatic carbocycles. The number of fused-ring (bicyclic) bond motifs is 2. The first-order valence-electron chi connectivity index (χ1n) is 6.85. The standard InChI is InChI=1S/C16H20N2/c1-10(2)11-6-7-16-13(8-11)14(9-17)12-4-3-5-15(12)18-16/h6-8,10H,3-5,9,17H2,1-2H3. The van der Waals surface area contributed by atoms with Crippen molar-refractivity contribution in [2.75, 3.05) is 0 Å². The number of rotatable bonds is 2. The minimum absolute atomic E-state index is 0.549. The number of nitrogens with zero attached hydrogens (tertiary/aromatic N) is 1. The summed E-state index contributed by atoms with van der Waals surface area (Å²) in [6.45, 7) is 5.08. The zero-order chi connectivity index (χ0) is 12.7. The first-order chi connectivity index (χ1) is 8.70. The Balaban J connectivity index is 2.30. The maximum Gasteiger partial charge on any atom is 0.0708 e. The van der Waals surface area contributed by atoms with Crippen LogP contribution in [-0.4, -0.2) is 4.98 Å². The van der Waals surface area contributed by atoms with E-state index in [2.05, 4.69) is 32.0 Å². The maximum absolute atomic E-state index is 5.99. The lowest BCUT2D eigenvalue weighted by Crippen LogP contribution is -2.05. The second-order valence-electron chi connectivity index (χ2n) is 5.50. The first kappa shape index (κ1) is 11.7. The van der Waals surface area contributed by atoms with E-state index in [1.165, 1.54) is 34.2 Å². The summed E-state index contributed by atoms with van der Waals surface area (Å²) >= 11 is 0. The van der Waals surface area contributed by atoms with Crippen molar-refractivity contribution < 1.29 is 0 Å². The fourth-order valence-electron chi connectivity index (χ4n) is 2.97. The van der Waals surface area contributed by atoms with E-state index in [0.29, 0.717) is 12.5 Å². The average Bonchev–Trinajstić information content (AvgIpc) is 2.82. The van der Waals surface area contributed by atoms with Gasteiger partial charge in [-0.3, -0.25) is 4.98 Å². The van der Waals surface area contributed by atoms with Gasteiger partial charge in [0.2, 0.25) is 0 Å². The van der Waals surface area contributed by atoms with Crippen molar-refractivity contribution in [1.82, 2.24) is 4.98 Å². The Labute approximate surface area is 108 Å². The smallest absolute Gasteiger partial charge is 0.0708 e. The molecule has 0 atom stereocenters. The highest BCUT2D eigenvalue weighted by Gasteiger charge is 2.18. The molecule has 0 amide bonds. The molecule has 0 unspecified atom stereocenters. The van der Waals surface area contributed by atoms with Crippen LogP contribution in [0.1, 0.15) is 48.6 Å². The Morgan fingerprint density at radius 2 is 2.11 bits per heavy atom. The lowest BCUT2D eigenvalue weighted by molar-refractivity contribution is 0.868. The third kappa shape index (κ3) is 1.72. The molecule has 2 N–H and O–H groups in total. The average molecular weight is 240 g/mol. The number of hydrogen-bond acceptors (Lipinski definition) is 2. The van der Waals surface area contributed by atoms with Crippen LogP contribution in [0.3, 0.4) is 0 Å². The molecule has 0 spiro atoms. The predicted octanol–water partition coefficient (Wildman–Crippen LogP) is 3.31. The van der Waals surface area contributed by atoms with E-state index < -0.39 is 0 Å².